The maximum atomic E-state index is 13.3. The smallest absolute Gasteiger partial charge is 0.131 e. The third-order valence-corrected chi connectivity index (χ3v) is 2.51. The molecular weight excluding hydrogens is 200 g/mol. The van der Waals surface area contributed by atoms with Crippen molar-refractivity contribution in [1.82, 2.24) is 0 Å². The van der Waals surface area contributed by atoms with E-state index in [9.17, 15) is 13.9 Å². The average molecular weight is 215 g/mol. The molecule has 0 heterocycles. The molecule has 0 aliphatic carbocycles. The highest BCUT2D eigenvalue weighted by Gasteiger charge is 2.19. The molecule has 0 aliphatic heterocycles. The van der Waals surface area contributed by atoms with Gasteiger partial charge in [-0.2, -0.15) is 0 Å². The van der Waals surface area contributed by atoms with Crippen molar-refractivity contribution in [2.45, 2.75) is 20.0 Å². The van der Waals surface area contributed by atoms with E-state index in [0.29, 0.717) is 5.56 Å². The van der Waals surface area contributed by atoms with Gasteiger partial charge in [0.15, 0.2) is 0 Å². The second kappa shape index (κ2) is 4.68. The van der Waals surface area contributed by atoms with Crippen LogP contribution in [0.5, 0.6) is 0 Å². The summed E-state index contributed by atoms with van der Waals surface area (Å²) < 4.78 is 26.3. The SMILES string of the molecule is Cc1cc(C(O)C(C)CN)c(F)cc1F. The Bertz CT molecular complexity index is 355. The van der Waals surface area contributed by atoms with E-state index in [1.54, 1.807) is 6.92 Å². The van der Waals surface area contributed by atoms with Crippen LogP contribution in [0.2, 0.25) is 0 Å². The Labute approximate surface area is 87.7 Å². The van der Waals surface area contributed by atoms with Gasteiger partial charge in [0.05, 0.1) is 6.10 Å². The first-order chi connectivity index (χ1) is 6.97. The Morgan fingerprint density at radius 1 is 1.33 bits per heavy atom. The van der Waals surface area contributed by atoms with E-state index in [4.69, 9.17) is 5.73 Å². The number of benzene rings is 1. The van der Waals surface area contributed by atoms with Crippen LogP contribution in [-0.2, 0) is 0 Å². The molecule has 0 bridgehead atoms. The maximum Gasteiger partial charge on any atom is 0.131 e. The number of nitrogens with two attached hydrogens (primary N) is 1. The van der Waals surface area contributed by atoms with Gasteiger partial charge in [-0.15, -0.1) is 0 Å². The number of rotatable bonds is 3. The van der Waals surface area contributed by atoms with Gasteiger partial charge in [-0.1, -0.05) is 6.92 Å². The third-order valence-electron chi connectivity index (χ3n) is 2.51. The van der Waals surface area contributed by atoms with Crippen LogP contribution >= 0.6 is 0 Å². The minimum Gasteiger partial charge on any atom is -0.388 e. The van der Waals surface area contributed by atoms with E-state index in [1.807, 2.05) is 0 Å². The molecule has 2 unspecified atom stereocenters. The van der Waals surface area contributed by atoms with E-state index in [0.717, 1.165) is 6.07 Å². The van der Waals surface area contributed by atoms with Crippen molar-refractivity contribution < 1.29 is 13.9 Å². The lowest BCUT2D eigenvalue weighted by atomic mass is 9.96. The largest absolute Gasteiger partial charge is 0.388 e. The molecule has 1 aromatic carbocycles. The molecule has 0 aromatic heterocycles. The molecule has 0 saturated heterocycles. The fraction of sp³-hybridized carbons (Fsp3) is 0.455. The van der Waals surface area contributed by atoms with Crippen LogP contribution in [0.4, 0.5) is 8.78 Å². The van der Waals surface area contributed by atoms with Crippen LogP contribution < -0.4 is 5.73 Å². The summed E-state index contributed by atoms with van der Waals surface area (Å²) in [6, 6.07) is 2.11. The van der Waals surface area contributed by atoms with Crippen LogP contribution in [0.15, 0.2) is 12.1 Å². The summed E-state index contributed by atoms with van der Waals surface area (Å²) in [7, 11) is 0. The van der Waals surface area contributed by atoms with E-state index in [2.05, 4.69) is 0 Å². The van der Waals surface area contributed by atoms with E-state index in [-0.39, 0.29) is 18.0 Å². The number of aliphatic hydroxyl groups excluding tert-OH is 1. The molecule has 4 heteroatoms. The van der Waals surface area contributed by atoms with Gasteiger partial charge < -0.3 is 10.8 Å². The van der Waals surface area contributed by atoms with Crippen molar-refractivity contribution in [2.75, 3.05) is 6.54 Å². The van der Waals surface area contributed by atoms with Crippen LogP contribution in [0.25, 0.3) is 0 Å². The standard InChI is InChI=1S/C11H15F2NO/c1-6-3-8(10(13)4-9(6)12)11(15)7(2)5-14/h3-4,7,11,15H,5,14H2,1-2H3. The first-order valence-electron chi connectivity index (χ1n) is 4.81. The van der Waals surface area contributed by atoms with E-state index < -0.39 is 17.7 Å². The molecule has 2 atom stereocenters. The molecule has 1 rings (SSSR count). The summed E-state index contributed by atoms with van der Waals surface area (Å²) >= 11 is 0. The first kappa shape index (κ1) is 12.1. The Kier molecular flexibility index (Phi) is 3.77. The van der Waals surface area contributed by atoms with Crippen LogP contribution in [0, 0.1) is 24.5 Å². The average Bonchev–Trinajstić information content (AvgIpc) is 2.21. The van der Waals surface area contributed by atoms with Crippen molar-refractivity contribution >= 4 is 0 Å². The molecule has 0 fully saturated rings. The summed E-state index contributed by atoms with van der Waals surface area (Å²) in [6.45, 7) is 3.48. The topological polar surface area (TPSA) is 46.2 Å². The number of aryl methyl sites for hydroxylation is 1. The Morgan fingerprint density at radius 2 is 1.93 bits per heavy atom. The zero-order valence-corrected chi connectivity index (χ0v) is 8.80. The van der Waals surface area contributed by atoms with E-state index in [1.165, 1.54) is 13.0 Å². The van der Waals surface area contributed by atoms with Crippen molar-refractivity contribution in [3.8, 4) is 0 Å². The Hall–Kier alpha value is -1.00. The maximum absolute atomic E-state index is 13.3. The number of aliphatic hydroxyl groups is 1. The van der Waals surface area contributed by atoms with Gasteiger partial charge >= 0.3 is 0 Å². The van der Waals surface area contributed by atoms with Crippen LogP contribution in [0.1, 0.15) is 24.2 Å². The molecule has 84 valence electrons. The van der Waals surface area contributed by atoms with Crippen molar-refractivity contribution in [2.24, 2.45) is 11.7 Å². The Morgan fingerprint density at radius 3 is 2.47 bits per heavy atom. The molecule has 1 aromatic rings. The predicted octanol–water partition coefficient (Wildman–Crippen LogP) is 1.90. The highest BCUT2D eigenvalue weighted by Crippen LogP contribution is 2.25. The predicted molar refractivity (Wildman–Crippen MR) is 54.3 cm³/mol. The first-order valence-corrected chi connectivity index (χ1v) is 4.81. The molecule has 15 heavy (non-hydrogen) atoms. The highest BCUT2D eigenvalue weighted by atomic mass is 19.1. The lowest BCUT2D eigenvalue weighted by Crippen LogP contribution is -2.20. The second-order valence-corrected chi connectivity index (χ2v) is 3.78. The molecule has 2 nitrogen and oxygen atoms in total. The minimum absolute atomic E-state index is 0.104. The zero-order chi connectivity index (χ0) is 11.6. The van der Waals surface area contributed by atoms with Gasteiger partial charge in [0.2, 0.25) is 0 Å². The molecule has 0 saturated carbocycles. The molecule has 0 spiro atoms. The zero-order valence-electron chi connectivity index (χ0n) is 8.80. The summed E-state index contributed by atoms with van der Waals surface area (Å²) in [6.07, 6.45) is -0.991. The molecular formula is C11H15F2NO. The van der Waals surface area contributed by atoms with Crippen molar-refractivity contribution in [3.05, 3.63) is 34.9 Å². The van der Waals surface area contributed by atoms with Crippen molar-refractivity contribution in [1.29, 1.82) is 0 Å². The van der Waals surface area contributed by atoms with E-state index >= 15 is 0 Å². The molecule has 0 aliphatic rings. The molecule has 3 N–H and O–H groups in total. The molecule has 0 radical (unpaired) electrons. The Balaban J connectivity index is 3.09. The number of halogens is 2. The van der Waals surface area contributed by atoms with Crippen molar-refractivity contribution in [3.63, 3.8) is 0 Å². The van der Waals surface area contributed by atoms with Gasteiger partial charge in [-0.25, -0.2) is 8.78 Å². The highest BCUT2D eigenvalue weighted by molar-refractivity contribution is 5.27. The van der Waals surface area contributed by atoms with Gasteiger partial charge in [0, 0.05) is 11.6 Å². The second-order valence-electron chi connectivity index (χ2n) is 3.78. The molecule has 0 amide bonds. The van der Waals surface area contributed by atoms with Gasteiger partial charge in [-0.05, 0) is 31.0 Å². The summed E-state index contributed by atoms with van der Waals surface area (Å²) in [5.41, 5.74) is 5.79. The lowest BCUT2D eigenvalue weighted by molar-refractivity contribution is 0.117. The fourth-order valence-corrected chi connectivity index (χ4v) is 1.34. The summed E-state index contributed by atoms with van der Waals surface area (Å²) in [4.78, 5) is 0. The van der Waals surface area contributed by atoms with Crippen LogP contribution in [0.3, 0.4) is 0 Å². The quantitative estimate of drug-likeness (QED) is 0.809. The monoisotopic (exact) mass is 215 g/mol. The fourth-order valence-electron chi connectivity index (χ4n) is 1.34. The summed E-state index contributed by atoms with van der Waals surface area (Å²) in [5.74, 6) is -1.60. The van der Waals surface area contributed by atoms with Gasteiger partial charge in [0.1, 0.15) is 11.6 Å². The van der Waals surface area contributed by atoms with Gasteiger partial charge in [0.25, 0.3) is 0 Å². The number of hydrogen-bond acceptors (Lipinski definition) is 2. The minimum atomic E-state index is -0.991. The number of hydrogen-bond donors (Lipinski definition) is 2. The summed E-state index contributed by atoms with van der Waals surface area (Å²) in [5, 5.41) is 9.74. The third kappa shape index (κ3) is 2.52. The normalized spacial score (nSPS) is 15.1. The van der Waals surface area contributed by atoms with Gasteiger partial charge in [-0.3, -0.25) is 0 Å². The lowest BCUT2D eigenvalue weighted by Gasteiger charge is -2.18. The van der Waals surface area contributed by atoms with Crippen LogP contribution in [-0.4, -0.2) is 11.7 Å².